The lowest BCUT2D eigenvalue weighted by atomic mass is 9.94. The second-order valence-corrected chi connectivity index (χ2v) is 9.17. The summed E-state index contributed by atoms with van der Waals surface area (Å²) in [6.07, 6.45) is 2.19. The van der Waals surface area contributed by atoms with Crippen molar-refractivity contribution in [3.05, 3.63) is 58.7 Å². The number of amides is 1. The molecule has 2 aromatic rings. The number of para-hydroxylation sites is 1. The van der Waals surface area contributed by atoms with Gasteiger partial charge in [0.25, 0.3) is 5.91 Å². The summed E-state index contributed by atoms with van der Waals surface area (Å²) in [6, 6.07) is 12.6. The first kappa shape index (κ1) is 22.6. The van der Waals surface area contributed by atoms with Crippen LogP contribution in [-0.2, 0) is 0 Å². The lowest BCUT2D eigenvalue weighted by Gasteiger charge is -2.42. The highest BCUT2D eigenvalue weighted by Gasteiger charge is 2.31. The fraction of sp³-hybridized carbons (Fsp3) is 0.500. The van der Waals surface area contributed by atoms with Crippen LogP contribution < -0.4 is 15.5 Å². The van der Waals surface area contributed by atoms with E-state index in [4.69, 9.17) is 0 Å². The molecule has 2 fully saturated rings. The van der Waals surface area contributed by atoms with Crippen molar-refractivity contribution in [3.63, 3.8) is 0 Å². The van der Waals surface area contributed by atoms with Crippen LogP contribution >= 0.6 is 0 Å². The third-order valence-electron chi connectivity index (χ3n) is 6.94. The number of piperazine rings is 1. The molecule has 0 saturated carbocycles. The normalized spacial score (nSPS) is 19.8. The molecule has 2 aliphatic rings. The highest BCUT2D eigenvalue weighted by molar-refractivity contribution is 5.99. The van der Waals surface area contributed by atoms with Crippen molar-refractivity contribution in [2.75, 3.05) is 49.5 Å². The topological polar surface area (TPSA) is 67.8 Å². The van der Waals surface area contributed by atoms with Crippen LogP contribution in [0.4, 0.5) is 11.4 Å². The number of nitrogens with zero attached hydrogens (tertiary/aromatic N) is 2. The molecular formula is C26H36N4O2. The van der Waals surface area contributed by atoms with Gasteiger partial charge in [-0.15, -0.1) is 0 Å². The predicted octanol–water partition coefficient (Wildman–Crippen LogP) is 3.10. The molecular weight excluding hydrogens is 400 g/mol. The molecule has 0 aromatic heterocycles. The number of carbonyl (C=O) groups is 1. The van der Waals surface area contributed by atoms with Crippen molar-refractivity contribution >= 4 is 17.3 Å². The molecule has 1 amide bonds. The molecule has 2 saturated heterocycles. The second-order valence-electron chi connectivity index (χ2n) is 9.17. The van der Waals surface area contributed by atoms with E-state index in [1.165, 1.54) is 5.56 Å². The fourth-order valence-electron chi connectivity index (χ4n) is 5.22. The number of aryl methyl sites for hydroxylation is 2. The molecule has 2 aromatic carbocycles. The number of rotatable bonds is 5. The summed E-state index contributed by atoms with van der Waals surface area (Å²) in [4.78, 5) is 17.8. The van der Waals surface area contributed by atoms with E-state index in [0.717, 1.165) is 54.0 Å². The standard InChI is InChI=1S/C26H36N4O2/c1-18-15-19(2)25(28-21-9-11-27-12-10-21)20(3)24(18)26(32)29-13-14-30(23(16-29)17-31)22-7-5-4-6-8-22/h4-8,15,21,23,27-28,31H,9-14,16-17H2,1-3H3/t23-/m0/s1. The zero-order chi connectivity index (χ0) is 22.7. The first-order valence-electron chi connectivity index (χ1n) is 11.8. The molecule has 2 aliphatic heterocycles. The van der Waals surface area contributed by atoms with Gasteiger partial charge in [0.2, 0.25) is 0 Å². The quantitative estimate of drug-likeness (QED) is 0.672. The largest absolute Gasteiger partial charge is 0.394 e. The van der Waals surface area contributed by atoms with Gasteiger partial charge in [0.15, 0.2) is 0 Å². The Morgan fingerprint density at radius 2 is 1.81 bits per heavy atom. The number of nitrogens with one attached hydrogen (secondary N) is 2. The van der Waals surface area contributed by atoms with Gasteiger partial charge in [-0.3, -0.25) is 4.79 Å². The number of piperidine rings is 1. The molecule has 0 aliphatic carbocycles. The minimum Gasteiger partial charge on any atom is -0.394 e. The molecule has 0 unspecified atom stereocenters. The summed E-state index contributed by atoms with van der Waals surface area (Å²) in [5.74, 6) is 0.0690. The Labute approximate surface area is 191 Å². The van der Waals surface area contributed by atoms with Crippen molar-refractivity contribution < 1.29 is 9.90 Å². The molecule has 2 heterocycles. The number of anilines is 2. The molecule has 3 N–H and O–H groups in total. The highest BCUT2D eigenvalue weighted by Crippen LogP contribution is 2.30. The van der Waals surface area contributed by atoms with Crippen LogP contribution in [0.5, 0.6) is 0 Å². The third-order valence-corrected chi connectivity index (χ3v) is 6.94. The van der Waals surface area contributed by atoms with Crippen molar-refractivity contribution in [1.29, 1.82) is 0 Å². The fourth-order valence-corrected chi connectivity index (χ4v) is 5.22. The second kappa shape index (κ2) is 9.92. The summed E-state index contributed by atoms with van der Waals surface area (Å²) < 4.78 is 0. The first-order chi connectivity index (χ1) is 15.5. The Morgan fingerprint density at radius 3 is 2.50 bits per heavy atom. The Morgan fingerprint density at radius 1 is 1.09 bits per heavy atom. The van der Waals surface area contributed by atoms with Crippen molar-refractivity contribution in [2.24, 2.45) is 0 Å². The SMILES string of the molecule is Cc1cc(C)c(C(=O)N2CCN(c3ccccc3)[C@H](CO)C2)c(C)c1NC1CCNCC1. The number of hydrogen-bond donors (Lipinski definition) is 3. The van der Waals surface area contributed by atoms with Gasteiger partial charge in [-0.1, -0.05) is 24.3 Å². The first-order valence-corrected chi connectivity index (χ1v) is 11.8. The van der Waals surface area contributed by atoms with Crippen molar-refractivity contribution in [2.45, 2.75) is 45.7 Å². The summed E-state index contributed by atoms with van der Waals surface area (Å²) >= 11 is 0. The summed E-state index contributed by atoms with van der Waals surface area (Å²) in [6.45, 7) is 10.2. The van der Waals surface area contributed by atoms with Gasteiger partial charge in [-0.25, -0.2) is 0 Å². The van der Waals surface area contributed by atoms with E-state index in [-0.39, 0.29) is 18.6 Å². The Bertz CT molecular complexity index is 941. The Hall–Kier alpha value is -2.57. The molecule has 6 nitrogen and oxygen atoms in total. The van der Waals surface area contributed by atoms with E-state index in [9.17, 15) is 9.90 Å². The summed E-state index contributed by atoms with van der Waals surface area (Å²) in [5.41, 5.74) is 6.25. The van der Waals surface area contributed by atoms with Gasteiger partial charge in [-0.2, -0.15) is 0 Å². The number of aliphatic hydroxyl groups excluding tert-OH is 1. The van der Waals surface area contributed by atoms with Crippen LogP contribution in [0.3, 0.4) is 0 Å². The van der Waals surface area contributed by atoms with E-state index in [0.29, 0.717) is 25.7 Å². The van der Waals surface area contributed by atoms with E-state index in [1.807, 2.05) is 30.0 Å². The van der Waals surface area contributed by atoms with Crippen LogP contribution in [0.2, 0.25) is 0 Å². The zero-order valence-corrected chi connectivity index (χ0v) is 19.5. The molecule has 0 spiro atoms. The Balaban J connectivity index is 1.55. The monoisotopic (exact) mass is 436 g/mol. The third kappa shape index (κ3) is 4.62. The van der Waals surface area contributed by atoms with Crippen LogP contribution in [0.1, 0.15) is 39.9 Å². The van der Waals surface area contributed by atoms with Gasteiger partial charge in [-0.05, 0) is 75.5 Å². The van der Waals surface area contributed by atoms with E-state index >= 15 is 0 Å². The average molecular weight is 437 g/mol. The molecule has 172 valence electrons. The molecule has 1 atom stereocenters. The maximum atomic E-state index is 13.7. The maximum Gasteiger partial charge on any atom is 0.254 e. The predicted molar refractivity (Wildman–Crippen MR) is 131 cm³/mol. The lowest BCUT2D eigenvalue weighted by Crippen LogP contribution is -2.56. The van der Waals surface area contributed by atoms with Gasteiger partial charge in [0, 0.05) is 42.6 Å². The molecule has 4 rings (SSSR count). The average Bonchev–Trinajstić information content (AvgIpc) is 2.82. The molecule has 6 heteroatoms. The minimum atomic E-state index is -0.103. The number of benzene rings is 2. The number of aliphatic hydroxyl groups is 1. The minimum absolute atomic E-state index is 0.0209. The van der Waals surface area contributed by atoms with Gasteiger partial charge in [0.1, 0.15) is 0 Å². The Kier molecular flexibility index (Phi) is 7.01. The summed E-state index contributed by atoms with van der Waals surface area (Å²) in [5, 5.41) is 17.2. The molecule has 32 heavy (non-hydrogen) atoms. The van der Waals surface area contributed by atoms with Gasteiger partial charge in [0.05, 0.1) is 12.6 Å². The van der Waals surface area contributed by atoms with Crippen LogP contribution in [0, 0.1) is 20.8 Å². The maximum absolute atomic E-state index is 13.7. The van der Waals surface area contributed by atoms with E-state index < -0.39 is 0 Å². The highest BCUT2D eigenvalue weighted by atomic mass is 16.3. The zero-order valence-electron chi connectivity index (χ0n) is 19.5. The van der Waals surface area contributed by atoms with Crippen molar-refractivity contribution in [3.8, 4) is 0 Å². The van der Waals surface area contributed by atoms with E-state index in [1.54, 1.807) is 0 Å². The molecule has 0 bridgehead atoms. The lowest BCUT2D eigenvalue weighted by molar-refractivity contribution is 0.0698. The number of carbonyl (C=O) groups excluding carboxylic acids is 1. The van der Waals surface area contributed by atoms with Gasteiger partial charge >= 0.3 is 0 Å². The van der Waals surface area contributed by atoms with Crippen LogP contribution in [0.25, 0.3) is 0 Å². The molecule has 0 radical (unpaired) electrons. The number of hydrogen-bond acceptors (Lipinski definition) is 5. The van der Waals surface area contributed by atoms with Crippen LogP contribution in [-0.4, -0.2) is 67.3 Å². The smallest absolute Gasteiger partial charge is 0.254 e. The van der Waals surface area contributed by atoms with Crippen molar-refractivity contribution in [1.82, 2.24) is 10.2 Å². The van der Waals surface area contributed by atoms with E-state index in [2.05, 4.69) is 47.6 Å². The summed E-state index contributed by atoms with van der Waals surface area (Å²) in [7, 11) is 0. The van der Waals surface area contributed by atoms with Gasteiger partial charge < -0.3 is 25.5 Å². The van der Waals surface area contributed by atoms with Crippen LogP contribution in [0.15, 0.2) is 36.4 Å².